The van der Waals surface area contributed by atoms with Crippen molar-refractivity contribution in [3.63, 3.8) is 0 Å². The Bertz CT molecular complexity index is 4840. The van der Waals surface area contributed by atoms with Crippen molar-refractivity contribution in [2.45, 2.75) is 0 Å². The monoisotopic (exact) mass is 948 g/mol. The minimum Gasteiger partial charge on any atom is -0.455 e. The van der Waals surface area contributed by atoms with Gasteiger partial charge in [0.15, 0.2) is 0 Å². The molecule has 0 atom stereocenters. The summed E-state index contributed by atoms with van der Waals surface area (Å²) in [4.78, 5) is 0. The molecular formula is C74H44O. The van der Waals surface area contributed by atoms with Crippen LogP contribution in [0.15, 0.2) is 271 Å². The molecule has 1 aromatic heterocycles. The van der Waals surface area contributed by atoms with Gasteiger partial charge in [-0.05, 0) is 148 Å². The van der Waals surface area contributed by atoms with Crippen LogP contribution in [0.4, 0.5) is 0 Å². The third-order valence-electron chi connectivity index (χ3n) is 16.2. The standard InChI is InChI=1S/C38H22.C36H22O/c1-3-25-11-13-29-15-19-31(33-21-17-27(5-1)35(25)37(29)33)23-7-9-24(10-8-23)32-20-16-30-14-12-26-4-2-6-28-18-22-34(32)38(30)36(26)28;1-2-12-24(13-3-1)33-26-15-6-8-17-28(26)34(29-18-9-7-16-27(29)33)30-19-10-20-32-35(30)31-22-21-23-11-4-5-14-25(23)36(31)37-32/h1-22H;1-22H. The third kappa shape index (κ3) is 6.32. The fraction of sp³-hybridized carbons (Fsp3) is 0. The molecule has 16 aromatic carbocycles. The summed E-state index contributed by atoms with van der Waals surface area (Å²) in [5, 5.41) is 25.7. The third-order valence-corrected chi connectivity index (χ3v) is 16.2. The fourth-order valence-corrected chi connectivity index (χ4v) is 12.9. The quantitative estimate of drug-likeness (QED) is 0.127. The number of rotatable bonds is 4. The molecule has 0 saturated carbocycles. The van der Waals surface area contributed by atoms with Crippen LogP contribution in [0.25, 0.3) is 163 Å². The van der Waals surface area contributed by atoms with Crippen molar-refractivity contribution in [2.24, 2.45) is 0 Å². The Kier molecular flexibility index (Phi) is 9.10. The molecule has 0 aliphatic carbocycles. The molecule has 0 aliphatic rings. The lowest BCUT2D eigenvalue weighted by Gasteiger charge is -2.18. The first-order valence-electron chi connectivity index (χ1n) is 26.0. The van der Waals surface area contributed by atoms with Crippen LogP contribution in [0.2, 0.25) is 0 Å². The number of fused-ring (bicyclic) bond motifs is 7. The van der Waals surface area contributed by atoms with Gasteiger partial charge in [-0.2, -0.15) is 0 Å². The highest BCUT2D eigenvalue weighted by molar-refractivity contribution is 6.29. The van der Waals surface area contributed by atoms with Crippen molar-refractivity contribution < 1.29 is 4.42 Å². The molecule has 0 saturated heterocycles. The number of benzene rings is 16. The summed E-state index contributed by atoms with van der Waals surface area (Å²) in [6.45, 7) is 0. The summed E-state index contributed by atoms with van der Waals surface area (Å²) < 4.78 is 6.55. The van der Waals surface area contributed by atoms with Crippen LogP contribution in [0.5, 0.6) is 0 Å². The normalized spacial score (nSPS) is 12.0. The molecule has 17 rings (SSSR count). The molecule has 346 valence electrons. The van der Waals surface area contributed by atoms with Crippen molar-refractivity contribution in [1.29, 1.82) is 0 Å². The van der Waals surface area contributed by atoms with E-state index in [4.69, 9.17) is 4.42 Å². The molecule has 75 heavy (non-hydrogen) atoms. The maximum Gasteiger partial charge on any atom is 0.143 e. The van der Waals surface area contributed by atoms with Crippen molar-refractivity contribution in [3.05, 3.63) is 267 Å². The summed E-state index contributed by atoms with van der Waals surface area (Å²) in [6.07, 6.45) is 0. The predicted octanol–water partition coefficient (Wildman–Crippen LogP) is 21.2. The highest BCUT2D eigenvalue weighted by Gasteiger charge is 2.21. The second-order valence-corrected chi connectivity index (χ2v) is 20.2. The maximum atomic E-state index is 6.55. The van der Waals surface area contributed by atoms with Gasteiger partial charge in [0.2, 0.25) is 0 Å². The van der Waals surface area contributed by atoms with E-state index in [1.807, 2.05) is 0 Å². The summed E-state index contributed by atoms with van der Waals surface area (Å²) in [5.74, 6) is 0. The van der Waals surface area contributed by atoms with E-state index in [0.717, 1.165) is 21.9 Å². The summed E-state index contributed by atoms with van der Waals surface area (Å²) >= 11 is 0. The molecule has 0 fully saturated rings. The zero-order chi connectivity index (χ0) is 49.1. The Balaban J connectivity index is 0.000000127. The van der Waals surface area contributed by atoms with Crippen LogP contribution in [-0.4, -0.2) is 0 Å². The second kappa shape index (κ2) is 16.3. The van der Waals surface area contributed by atoms with E-state index < -0.39 is 0 Å². The smallest absolute Gasteiger partial charge is 0.143 e. The van der Waals surface area contributed by atoms with Crippen molar-refractivity contribution >= 4 is 119 Å². The van der Waals surface area contributed by atoms with E-state index in [1.165, 1.54) is 141 Å². The second-order valence-electron chi connectivity index (χ2n) is 20.2. The van der Waals surface area contributed by atoms with Gasteiger partial charge in [0.1, 0.15) is 11.2 Å². The molecule has 0 unspecified atom stereocenters. The molecule has 17 aromatic rings. The van der Waals surface area contributed by atoms with Crippen molar-refractivity contribution in [1.82, 2.24) is 0 Å². The first-order valence-corrected chi connectivity index (χ1v) is 26.0. The Morgan fingerprint density at radius 3 is 1.13 bits per heavy atom. The van der Waals surface area contributed by atoms with Gasteiger partial charge in [-0.3, -0.25) is 0 Å². The van der Waals surface area contributed by atoms with Gasteiger partial charge >= 0.3 is 0 Å². The zero-order valence-electron chi connectivity index (χ0n) is 40.8. The van der Waals surface area contributed by atoms with E-state index in [1.54, 1.807) is 0 Å². The van der Waals surface area contributed by atoms with E-state index in [2.05, 4.69) is 267 Å². The topological polar surface area (TPSA) is 13.1 Å². The van der Waals surface area contributed by atoms with Crippen molar-refractivity contribution in [3.8, 4) is 44.5 Å². The molecule has 0 radical (unpaired) electrons. The molecule has 1 heterocycles. The van der Waals surface area contributed by atoms with Crippen LogP contribution in [0.3, 0.4) is 0 Å². The highest BCUT2D eigenvalue weighted by atomic mass is 16.3. The van der Waals surface area contributed by atoms with E-state index in [0.29, 0.717) is 0 Å². The maximum absolute atomic E-state index is 6.55. The van der Waals surface area contributed by atoms with Gasteiger partial charge in [0, 0.05) is 16.2 Å². The Morgan fingerprint density at radius 2 is 0.587 bits per heavy atom. The minimum atomic E-state index is 0.921. The van der Waals surface area contributed by atoms with E-state index >= 15 is 0 Å². The first-order chi connectivity index (χ1) is 37.2. The molecule has 0 aliphatic heterocycles. The lowest BCUT2D eigenvalue weighted by molar-refractivity contribution is 0.673. The predicted molar refractivity (Wildman–Crippen MR) is 322 cm³/mol. The average Bonchev–Trinajstić information content (AvgIpc) is 3.88. The van der Waals surface area contributed by atoms with Gasteiger partial charge in [-0.15, -0.1) is 0 Å². The van der Waals surface area contributed by atoms with Crippen LogP contribution < -0.4 is 0 Å². The van der Waals surface area contributed by atoms with Crippen LogP contribution in [-0.2, 0) is 0 Å². The molecule has 1 nitrogen and oxygen atoms in total. The Labute approximate surface area is 432 Å². The van der Waals surface area contributed by atoms with Crippen LogP contribution in [0.1, 0.15) is 0 Å². The summed E-state index contributed by atoms with van der Waals surface area (Å²) in [6, 6.07) is 97.4. The molecule has 0 amide bonds. The Morgan fingerprint density at radius 1 is 0.187 bits per heavy atom. The lowest BCUT2D eigenvalue weighted by atomic mass is 9.85. The van der Waals surface area contributed by atoms with Crippen molar-refractivity contribution in [2.75, 3.05) is 0 Å². The Hall–Kier alpha value is -9.82. The molecule has 0 spiro atoms. The number of hydrogen-bond donors (Lipinski definition) is 0. The van der Waals surface area contributed by atoms with Crippen LogP contribution >= 0.6 is 0 Å². The fourth-order valence-electron chi connectivity index (χ4n) is 12.9. The molecule has 1 heteroatoms. The largest absolute Gasteiger partial charge is 0.455 e. The van der Waals surface area contributed by atoms with Gasteiger partial charge in [-0.25, -0.2) is 0 Å². The summed E-state index contributed by atoms with van der Waals surface area (Å²) in [5.41, 5.74) is 11.9. The van der Waals surface area contributed by atoms with Gasteiger partial charge < -0.3 is 4.42 Å². The van der Waals surface area contributed by atoms with Crippen LogP contribution in [0, 0.1) is 0 Å². The van der Waals surface area contributed by atoms with E-state index in [9.17, 15) is 0 Å². The van der Waals surface area contributed by atoms with Gasteiger partial charge in [0.05, 0.1) is 0 Å². The highest BCUT2D eigenvalue weighted by Crippen LogP contribution is 2.48. The van der Waals surface area contributed by atoms with E-state index in [-0.39, 0.29) is 0 Å². The number of furan rings is 1. The molecule has 0 N–H and O–H groups in total. The molecular weight excluding hydrogens is 905 g/mol. The summed E-state index contributed by atoms with van der Waals surface area (Å²) in [7, 11) is 0. The minimum absolute atomic E-state index is 0.921. The lowest BCUT2D eigenvalue weighted by Crippen LogP contribution is -1.91. The van der Waals surface area contributed by atoms with Gasteiger partial charge in [-0.1, -0.05) is 255 Å². The van der Waals surface area contributed by atoms with Gasteiger partial charge in [0.25, 0.3) is 0 Å². The molecule has 0 bridgehead atoms. The average molecular weight is 949 g/mol. The zero-order valence-corrected chi connectivity index (χ0v) is 40.8. The SMILES string of the molecule is c1cc2ccc3ccc(-c4ccc(-c5ccc6ccc7cccc8ccc5c6c78)cc4)c4ccc(c1)c2c34.c1ccc(-c2c3ccccc3c(-c3cccc4oc5c6ccccc6ccc5c34)c3ccccc23)cc1. The first kappa shape index (κ1) is 41.8. The number of hydrogen-bond acceptors (Lipinski definition) is 1.